The first-order valence-electron chi connectivity index (χ1n) is 6.63. The Kier molecular flexibility index (Phi) is 4.12. The molecule has 0 spiro atoms. The molecule has 0 aliphatic carbocycles. The summed E-state index contributed by atoms with van der Waals surface area (Å²) in [6, 6.07) is 18.5. The summed E-state index contributed by atoms with van der Waals surface area (Å²) >= 11 is 1.34. The average molecular weight is 297 g/mol. The van der Waals surface area contributed by atoms with E-state index in [4.69, 9.17) is 10.5 Å². The van der Waals surface area contributed by atoms with Crippen molar-refractivity contribution in [3.63, 3.8) is 0 Å². The molecule has 0 bridgehead atoms. The Morgan fingerprint density at radius 2 is 1.62 bits per heavy atom. The number of rotatable bonds is 5. The Morgan fingerprint density at radius 1 is 0.905 bits per heavy atom. The second kappa shape index (κ2) is 6.37. The van der Waals surface area contributed by atoms with Crippen molar-refractivity contribution in [2.75, 3.05) is 5.73 Å². The van der Waals surface area contributed by atoms with Crippen LogP contribution in [0.4, 0.5) is 5.13 Å². The molecule has 3 aromatic rings. The third-order valence-corrected chi connectivity index (χ3v) is 3.75. The molecular weight excluding hydrogens is 282 g/mol. The molecule has 0 saturated heterocycles. The van der Waals surface area contributed by atoms with Crippen LogP contribution in [0.3, 0.4) is 0 Å². The first-order chi connectivity index (χ1) is 10.3. The molecular formula is C16H15N3OS. The van der Waals surface area contributed by atoms with Gasteiger partial charge in [0.1, 0.15) is 12.4 Å². The largest absolute Gasteiger partial charge is 0.486 e. The van der Waals surface area contributed by atoms with E-state index in [1.165, 1.54) is 22.5 Å². The smallest absolute Gasteiger partial charge is 0.203 e. The second-order valence-corrected chi connectivity index (χ2v) is 5.72. The lowest BCUT2D eigenvalue weighted by molar-refractivity contribution is 0.304. The molecule has 21 heavy (non-hydrogen) atoms. The van der Waals surface area contributed by atoms with Crippen molar-refractivity contribution in [2.24, 2.45) is 0 Å². The van der Waals surface area contributed by atoms with Crippen LogP contribution in [0.25, 0.3) is 0 Å². The molecule has 5 heteroatoms. The Hall–Kier alpha value is -2.40. The number of hydrogen-bond donors (Lipinski definition) is 1. The van der Waals surface area contributed by atoms with Crippen molar-refractivity contribution in [1.82, 2.24) is 10.2 Å². The van der Waals surface area contributed by atoms with E-state index in [1.54, 1.807) is 0 Å². The molecule has 1 aromatic heterocycles. The van der Waals surface area contributed by atoms with Gasteiger partial charge in [0.05, 0.1) is 0 Å². The molecule has 106 valence electrons. The van der Waals surface area contributed by atoms with Crippen LogP contribution in [-0.4, -0.2) is 10.2 Å². The van der Waals surface area contributed by atoms with Crippen LogP contribution in [0, 0.1) is 0 Å². The summed E-state index contributed by atoms with van der Waals surface area (Å²) in [5.41, 5.74) is 8.09. The first kappa shape index (κ1) is 13.6. The molecule has 1 heterocycles. The normalized spacial score (nSPS) is 10.5. The van der Waals surface area contributed by atoms with Gasteiger partial charge in [-0.3, -0.25) is 0 Å². The minimum Gasteiger partial charge on any atom is -0.486 e. The van der Waals surface area contributed by atoms with Crippen molar-refractivity contribution in [3.05, 3.63) is 70.7 Å². The maximum absolute atomic E-state index is 5.66. The minimum atomic E-state index is 0.396. The molecule has 0 amide bonds. The van der Waals surface area contributed by atoms with Gasteiger partial charge < -0.3 is 10.5 Å². The van der Waals surface area contributed by atoms with E-state index in [9.17, 15) is 0 Å². The third kappa shape index (κ3) is 3.79. The number of nitrogens with zero attached hydrogens (tertiary/aromatic N) is 2. The van der Waals surface area contributed by atoms with Crippen molar-refractivity contribution >= 4 is 16.5 Å². The predicted octanol–water partition coefficient (Wildman–Crippen LogP) is 3.29. The van der Waals surface area contributed by atoms with Gasteiger partial charge in [0, 0.05) is 0 Å². The maximum Gasteiger partial charge on any atom is 0.203 e. The zero-order valence-corrected chi connectivity index (χ0v) is 12.2. The van der Waals surface area contributed by atoms with E-state index in [0.717, 1.165) is 17.2 Å². The lowest BCUT2D eigenvalue weighted by Crippen LogP contribution is -1.95. The molecule has 2 N–H and O–H groups in total. The Bertz CT molecular complexity index is 695. The predicted molar refractivity (Wildman–Crippen MR) is 84.3 cm³/mol. The Labute approximate surface area is 127 Å². The highest BCUT2D eigenvalue weighted by atomic mass is 32.1. The molecule has 0 radical (unpaired) electrons. The topological polar surface area (TPSA) is 61.0 Å². The summed E-state index contributed by atoms with van der Waals surface area (Å²) in [5.74, 6) is 0.820. The summed E-state index contributed by atoms with van der Waals surface area (Å²) in [6.45, 7) is 0.396. The van der Waals surface area contributed by atoms with E-state index >= 15 is 0 Å². The average Bonchev–Trinajstić information content (AvgIpc) is 2.93. The fourth-order valence-electron chi connectivity index (χ4n) is 2.01. The highest BCUT2D eigenvalue weighted by Crippen LogP contribution is 2.18. The van der Waals surface area contributed by atoms with Crippen molar-refractivity contribution in [1.29, 1.82) is 0 Å². The fraction of sp³-hybridized carbons (Fsp3) is 0.125. The summed E-state index contributed by atoms with van der Waals surface area (Å²) in [5, 5.41) is 8.92. The number of anilines is 1. The van der Waals surface area contributed by atoms with E-state index in [-0.39, 0.29) is 0 Å². The van der Waals surface area contributed by atoms with E-state index in [1.807, 2.05) is 18.2 Å². The van der Waals surface area contributed by atoms with E-state index in [0.29, 0.717) is 11.7 Å². The van der Waals surface area contributed by atoms with Gasteiger partial charge in [0.25, 0.3) is 0 Å². The monoisotopic (exact) mass is 297 g/mol. The molecule has 0 atom stereocenters. The second-order valence-electron chi connectivity index (χ2n) is 4.63. The van der Waals surface area contributed by atoms with Crippen molar-refractivity contribution < 1.29 is 4.74 Å². The zero-order valence-electron chi connectivity index (χ0n) is 11.4. The summed E-state index contributed by atoms with van der Waals surface area (Å²) < 4.78 is 5.66. The van der Waals surface area contributed by atoms with Gasteiger partial charge in [-0.1, -0.05) is 53.8 Å². The zero-order chi connectivity index (χ0) is 14.5. The molecule has 4 nitrogen and oxygen atoms in total. The fourth-order valence-corrected chi connectivity index (χ4v) is 2.53. The molecule has 3 rings (SSSR count). The highest BCUT2D eigenvalue weighted by molar-refractivity contribution is 7.15. The van der Waals surface area contributed by atoms with E-state index < -0.39 is 0 Å². The van der Waals surface area contributed by atoms with Crippen LogP contribution in [0.15, 0.2) is 54.6 Å². The van der Waals surface area contributed by atoms with Crippen LogP contribution in [0.1, 0.15) is 16.1 Å². The number of hydrogen-bond acceptors (Lipinski definition) is 5. The van der Waals surface area contributed by atoms with Crippen LogP contribution in [-0.2, 0) is 13.0 Å². The maximum atomic E-state index is 5.66. The van der Waals surface area contributed by atoms with Gasteiger partial charge in [0.15, 0.2) is 5.01 Å². The standard InChI is InChI=1S/C16H15N3OS/c17-16-19-18-15(21-16)11-20-14-8-6-13(7-9-14)10-12-4-2-1-3-5-12/h1-9H,10-11H2,(H2,17,19). The SMILES string of the molecule is Nc1nnc(COc2ccc(Cc3ccccc3)cc2)s1. The lowest BCUT2D eigenvalue weighted by atomic mass is 10.1. The molecule has 0 aliphatic heterocycles. The van der Waals surface area contributed by atoms with Crippen LogP contribution < -0.4 is 10.5 Å². The van der Waals surface area contributed by atoms with Gasteiger partial charge >= 0.3 is 0 Å². The van der Waals surface area contributed by atoms with Crippen molar-refractivity contribution in [3.8, 4) is 5.75 Å². The summed E-state index contributed by atoms with van der Waals surface area (Å²) in [4.78, 5) is 0. The van der Waals surface area contributed by atoms with Gasteiger partial charge in [-0.2, -0.15) is 0 Å². The number of aromatic nitrogens is 2. The Balaban J connectivity index is 1.59. The summed E-state index contributed by atoms with van der Waals surface area (Å²) in [7, 11) is 0. The van der Waals surface area contributed by atoms with Crippen LogP contribution >= 0.6 is 11.3 Å². The Morgan fingerprint density at radius 3 is 2.29 bits per heavy atom. The first-order valence-corrected chi connectivity index (χ1v) is 7.45. The molecule has 2 aromatic carbocycles. The molecule has 0 unspecified atom stereocenters. The van der Waals surface area contributed by atoms with Gasteiger partial charge in [0.2, 0.25) is 5.13 Å². The number of ether oxygens (including phenoxy) is 1. The number of nitrogens with two attached hydrogens (primary N) is 1. The minimum absolute atomic E-state index is 0.396. The van der Waals surface area contributed by atoms with E-state index in [2.05, 4.69) is 46.6 Å². The number of nitrogen functional groups attached to an aromatic ring is 1. The summed E-state index contributed by atoms with van der Waals surface area (Å²) in [6.07, 6.45) is 0.925. The lowest BCUT2D eigenvalue weighted by Gasteiger charge is -2.06. The number of benzene rings is 2. The van der Waals surface area contributed by atoms with Gasteiger partial charge in [-0.05, 0) is 29.7 Å². The highest BCUT2D eigenvalue weighted by Gasteiger charge is 2.02. The van der Waals surface area contributed by atoms with Gasteiger partial charge in [-0.15, -0.1) is 10.2 Å². The third-order valence-electron chi connectivity index (χ3n) is 3.02. The molecule has 0 saturated carbocycles. The van der Waals surface area contributed by atoms with Crippen molar-refractivity contribution in [2.45, 2.75) is 13.0 Å². The molecule has 0 fully saturated rings. The molecule has 0 aliphatic rings. The van der Waals surface area contributed by atoms with Crippen LogP contribution in [0.2, 0.25) is 0 Å². The van der Waals surface area contributed by atoms with Gasteiger partial charge in [-0.25, -0.2) is 0 Å². The van der Waals surface area contributed by atoms with Crippen LogP contribution in [0.5, 0.6) is 5.75 Å². The quantitative estimate of drug-likeness (QED) is 0.785.